The molecule has 0 bridgehead atoms. The fourth-order valence-electron chi connectivity index (χ4n) is 3.94. The quantitative estimate of drug-likeness (QED) is 0.360. The molecule has 0 fully saturated rings. The molecule has 2 aromatic heterocycles. The first kappa shape index (κ1) is 22.7. The van der Waals surface area contributed by atoms with Gasteiger partial charge >= 0.3 is 0 Å². The van der Waals surface area contributed by atoms with E-state index < -0.39 is 0 Å². The van der Waals surface area contributed by atoms with Gasteiger partial charge in [0.15, 0.2) is 5.65 Å². The first-order valence-corrected chi connectivity index (χ1v) is 11.6. The summed E-state index contributed by atoms with van der Waals surface area (Å²) in [5.74, 6) is 0.548. The zero-order valence-corrected chi connectivity index (χ0v) is 19.5. The zero-order chi connectivity index (χ0) is 23.4. The van der Waals surface area contributed by atoms with Gasteiger partial charge in [-0.25, -0.2) is 9.97 Å². The Balaban J connectivity index is 1.80. The van der Waals surface area contributed by atoms with Crippen molar-refractivity contribution < 1.29 is 9.53 Å². The fraction of sp³-hybridized carbons (Fsp3) is 0.346. The number of nitrogens with one attached hydrogen (secondary N) is 1. The normalized spacial score (nSPS) is 12.3. The molecule has 0 spiro atoms. The van der Waals surface area contributed by atoms with Crippen molar-refractivity contribution in [2.75, 3.05) is 25.5 Å². The standard InChI is InChI=1S/C26H31N5O2/c1-4-17(3)18-11-13-19(14-12-18)31-24(27)22(26(32)28-15-8-16-33-5-2)23-25(31)30-21-10-7-6-9-20(21)29-23/h6-7,9-14,17H,4-5,8,15-16,27H2,1-3H3,(H,28,32)/t17-/m0/s1. The molecule has 0 unspecified atom stereocenters. The average molecular weight is 446 g/mol. The number of rotatable bonds is 9. The molecular weight excluding hydrogens is 414 g/mol. The lowest BCUT2D eigenvalue weighted by atomic mass is 9.99. The molecule has 7 heteroatoms. The molecule has 172 valence electrons. The summed E-state index contributed by atoms with van der Waals surface area (Å²) in [5, 5.41) is 2.96. The van der Waals surface area contributed by atoms with Crippen LogP contribution in [0.2, 0.25) is 0 Å². The molecule has 1 atom stereocenters. The van der Waals surface area contributed by atoms with E-state index in [-0.39, 0.29) is 5.91 Å². The number of nitrogen functional groups attached to an aromatic ring is 1. The van der Waals surface area contributed by atoms with Crippen molar-refractivity contribution in [1.29, 1.82) is 0 Å². The van der Waals surface area contributed by atoms with Crippen LogP contribution in [0.4, 0.5) is 5.82 Å². The van der Waals surface area contributed by atoms with Crippen LogP contribution in [-0.2, 0) is 4.74 Å². The largest absolute Gasteiger partial charge is 0.384 e. The van der Waals surface area contributed by atoms with E-state index in [1.807, 2.05) is 47.9 Å². The number of ether oxygens (including phenoxy) is 1. The summed E-state index contributed by atoms with van der Waals surface area (Å²) in [7, 11) is 0. The fourth-order valence-corrected chi connectivity index (χ4v) is 3.94. The van der Waals surface area contributed by atoms with Crippen molar-refractivity contribution in [3.8, 4) is 5.69 Å². The number of hydrogen-bond acceptors (Lipinski definition) is 5. The molecule has 7 nitrogen and oxygen atoms in total. The Hall–Kier alpha value is -3.45. The Kier molecular flexibility index (Phi) is 6.89. The smallest absolute Gasteiger partial charge is 0.257 e. The number of anilines is 1. The predicted octanol–water partition coefficient (Wildman–Crippen LogP) is 4.83. The van der Waals surface area contributed by atoms with E-state index in [2.05, 4.69) is 31.3 Å². The van der Waals surface area contributed by atoms with Crippen LogP contribution in [-0.4, -0.2) is 40.2 Å². The number of amides is 1. The summed E-state index contributed by atoms with van der Waals surface area (Å²) in [6.07, 6.45) is 1.79. The summed E-state index contributed by atoms with van der Waals surface area (Å²) in [5.41, 5.74) is 11.6. The molecule has 2 heterocycles. The van der Waals surface area contributed by atoms with Crippen LogP contribution in [0.5, 0.6) is 0 Å². The molecule has 0 aliphatic carbocycles. The molecule has 3 N–H and O–H groups in total. The van der Waals surface area contributed by atoms with Gasteiger partial charge < -0.3 is 15.8 Å². The Morgan fingerprint density at radius 2 is 1.79 bits per heavy atom. The third-order valence-corrected chi connectivity index (χ3v) is 6.01. The molecule has 2 aromatic carbocycles. The second kappa shape index (κ2) is 10.0. The second-order valence-corrected chi connectivity index (χ2v) is 8.19. The van der Waals surface area contributed by atoms with E-state index in [0.29, 0.717) is 48.2 Å². The lowest BCUT2D eigenvalue weighted by Crippen LogP contribution is -2.26. The highest BCUT2D eigenvalue weighted by Crippen LogP contribution is 2.31. The zero-order valence-electron chi connectivity index (χ0n) is 19.5. The van der Waals surface area contributed by atoms with Crippen LogP contribution >= 0.6 is 0 Å². The van der Waals surface area contributed by atoms with Gasteiger partial charge in [-0.15, -0.1) is 0 Å². The molecule has 0 aliphatic heterocycles. The van der Waals surface area contributed by atoms with E-state index in [9.17, 15) is 4.79 Å². The number of hydrogen-bond donors (Lipinski definition) is 2. The number of carbonyl (C=O) groups is 1. The summed E-state index contributed by atoms with van der Waals surface area (Å²) in [4.78, 5) is 22.8. The lowest BCUT2D eigenvalue weighted by molar-refractivity contribution is 0.0946. The molecule has 4 rings (SSSR count). The first-order chi connectivity index (χ1) is 16.0. The SMILES string of the molecule is CCOCCCNC(=O)c1c(N)n(-c2ccc([C@@H](C)CC)cc2)c2nc3ccccc3nc12. The molecule has 1 amide bonds. The van der Waals surface area contributed by atoms with Gasteiger partial charge in [0.1, 0.15) is 16.9 Å². The number of nitrogens with two attached hydrogens (primary N) is 1. The Labute approximate surface area is 194 Å². The van der Waals surface area contributed by atoms with Crippen LogP contribution < -0.4 is 11.1 Å². The minimum absolute atomic E-state index is 0.256. The third-order valence-electron chi connectivity index (χ3n) is 6.01. The number of nitrogens with zero attached hydrogens (tertiary/aromatic N) is 3. The van der Waals surface area contributed by atoms with Gasteiger partial charge in [0, 0.05) is 25.4 Å². The molecule has 0 aliphatic rings. The van der Waals surface area contributed by atoms with E-state index in [1.165, 1.54) is 5.56 Å². The third kappa shape index (κ3) is 4.54. The maximum atomic E-state index is 13.2. The number of benzene rings is 2. The first-order valence-electron chi connectivity index (χ1n) is 11.6. The second-order valence-electron chi connectivity index (χ2n) is 8.19. The topological polar surface area (TPSA) is 95.1 Å². The number of carbonyl (C=O) groups excluding carboxylic acids is 1. The number of para-hydroxylation sites is 2. The maximum Gasteiger partial charge on any atom is 0.257 e. The molecule has 33 heavy (non-hydrogen) atoms. The maximum absolute atomic E-state index is 13.2. The monoisotopic (exact) mass is 445 g/mol. The van der Waals surface area contributed by atoms with Crippen LogP contribution in [0.1, 0.15) is 55.5 Å². The van der Waals surface area contributed by atoms with Gasteiger partial charge in [-0.05, 0) is 55.5 Å². The average Bonchev–Trinajstić information content (AvgIpc) is 3.12. The molecule has 0 saturated carbocycles. The summed E-state index contributed by atoms with van der Waals surface area (Å²) in [6, 6.07) is 15.9. The van der Waals surface area contributed by atoms with Gasteiger partial charge in [-0.3, -0.25) is 9.36 Å². The lowest BCUT2D eigenvalue weighted by Gasteiger charge is -2.12. The van der Waals surface area contributed by atoms with Gasteiger partial charge in [-0.2, -0.15) is 0 Å². The van der Waals surface area contributed by atoms with E-state index in [0.717, 1.165) is 29.6 Å². The van der Waals surface area contributed by atoms with Crippen LogP contribution in [0.15, 0.2) is 48.5 Å². The van der Waals surface area contributed by atoms with Crippen molar-refractivity contribution in [2.45, 2.75) is 39.5 Å². The van der Waals surface area contributed by atoms with Crippen LogP contribution in [0, 0.1) is 0 Å². The Morgan fingerprint density at radius 3 is 2.45 bits per heavy atom. The van der Waals surface area contributed by atoms with Gasteiger partial charge in [0.25, 0.3) is 5.91 Å². The van der Waals surface area contributed by atoms with E-state index in [1.54, 1.807) is 0 Å². The van der Waals surface area contributed by atoms with Gasteiger partial charge in [0.05, 0.1) is 11.0 Å². The van der Waals surface area contributed by atoms with Crippen LogP contribution in [0.25, 0.3) is 27.9 Å². The minimum Gasteiger partial charge on any atom is -0.384 e. The Morgan fingerprint density at radius 1 is 1.09 bits per heavy atom. The number of fused-ring (bicyclic) bond motifs is 2. The number of aromatic nitrogens is 3. The van der Waals surface area contributed by atoms with Crippen molar-refractivity contribution in [3.05, 3.63) is 59.7 Å². The molecule has 4 aromatic rings. The van der Waals surface area contributed by atoms with Crippen molar-refractivity contribution in [2.24, 2.45) is 0 Å². The highest BCUT2D eigenvalue weighted by atomic mass is 16.5. The van der Waals surface area contributed by atoms with E-state index >= 15 is 0 Å². The Bertz CT molecular complexity index is 1260. The molecule has 0 radical (unpaired) electrons. The van der Waals surface area contributed by atoms with Crippen molar-refractivity contribution in [3.63, 3.8) is 0 Å². The molecule has 0 saturated heterocycles. The molecular formula is C26H31N5O2. The van der Waals surface area contributed by atoms with Crippen LogP contribution in [0.3, 0.4) is 0 Å². The van der Waals surface area contributed by atoms with Gasteiger partial charge in [-0.1, -0.05) is 38.1 Å². The highest BCUT2D eigenvalue weighted by Gasteiger charge is 2.24. The predicted molar refractivity (Wildman–Crippen MR) is 133 cm³/mol. The summed E-state index contributed by atoms with van der Waals surface area (Å²) in [6.45, 7) is 8.09. The van der Waals surface area contributed by atoms with E-state index in [4.69, 9.17) is 20.4 Å². The van der Waals surface area contributed by atoms with Crippen molar-refractivity contribution in [1.82, 2.24) is 19.9 Å². The van der Waals surface area contributed by atoms with Crippen molar-refractivity contribution >= 4 is 33.9 Å². The summed E-state index contributed by atoms with van der Waals surface area (Å²) < 4.78 is 7.18. The van der Waals surface area contributed by atoms with Gasteiger partial charge in [0.2, 0.25) is 0 Å². The highest BCUT2D eigenvalue weighted by molar-refractivity contribution is 6.11. The summed E-state index contributed by atoms with van der Waals surface area (Å²) >= 11 is 0. The minimum atomic E-state index is -0.256.